The number of carbonyl (C=O) groups excluding carboxylic acids is 2. The number of rotatable bonds is 9. The van der Waals surface area contributed by atoms with Crippen molar-refractivity contribution in [3.8, 4) is 0 Å². The van der Waals surface area contributed by atoms with Crippen LogP contribution in [0.4, 0.5) is 0 Å². The molecule has 0 aromatic heterocycles. The first-order chi connectivity index (χ1) is 10.2. The van der Waals surface area contributed by atoms with Crippen molar-refractivity contribution < 1.29 is 9.59 Å². The van der Waals surface area contributed by atoms with E-state index in [1.54, 1.807) is 6.92 Å². The average Bonchev–Trinajstić information content (AvgIpc) is 2.43. The molecule has 0 bridgehead atoms. The molecule has 6 nitrogen and oxygen atoms in total. The summed E-state index contributed by atoms with van der Waals surface area (Å²) < 4.78 is 0. The van der Waals surface area contributed by atoms with E-state index in [-0.39, 0.29) is 11.8 Å². The third-order valence-electron chi connectivity index (χ3n) is 2.50. The van der Waals surface area contributed by atoms with Crippen molar-refractivity contribution in [1.29, 1.82) is 0 Å². The van der Waals surface area contributed by atoms with Crippen LogP contribution in [0.5, 0.6) is 0 Å². The average molecular weight is 312 g/mol. The first-order valence-corrected chi connectivity index (χ1v) is 7.34. The summed E-state index contributed by atoms with van der Waals surface area (Å²) in [4.78, 5) is 25.6. The Morgan fingerprint density at radius 3 is 1.95 bits per heavy atom. The molecule has 2 amide bonds. The number of likely N-dealkylation sites (N-methyl/N-ethyl adjacent to an activating group) is 1. The minimum absolute atomic E-state index is 0.0631. The highest BCUT2D eigenvalue weighted by atomic mass is 16.2. The molecule has 0 saturated carbocycles. The summed E-state index contributed by atoms with van der Waals surface area (Å²) in [6, 6.07) is 0. The van der Waals surface area contributed by atoms with E-state index < -0.39 is 0 Å². The van der Waals surface area contributed by atoms with Gasteiger partial charge in [0.25, 0.3) is 0 Å². The monoisotopic (exact) mass is 312 g/mol. The molecular weight excluding hydrogens is 280 g/mol. The summed E-state index contributed by atoms with van der Waals surface area (Å²) in [5, 5.41) is 5.44. The number of nitrogens with one attached hydrogen (secondary N) is 2. The molecule has 0 heterocycles. The number of nitrogens with zero attached hydrogens (tertiary/aromatic N) is 2. The maximum atomic E-state index is 10.9. The zero-order valence-electron chi connectivity index (χ0n) is 14.7. The van der Waals surface area contributed by atoms with Gasteiger partial charge in [-0.3, -0.25) is 9.59 Å². The largest absolute Gasteiger partial charge is 0.353 e. The van der Waals surface area contributed by atoms with Gasteiger partial charge in [-0.15, -0.1) is 0 Å². The summed E-state index contributed by atoms with van der Waals surface area (Å²) in [5.74, 6) is -0.157. The van der Waals surface area contributed by atoms with Gasteiger partial charge in [-0.25, -0.2) is 0 Å². The number of amides is 2. The van der Waals surface area contributed by atoms with Crippen molar-refractivity contribution in [2.45, 2.75) is 13.3 Å². The Morgan fingerprint density at radius 1 is 1.00 bits per heavy atom. The van der Waals surface area contributed by atoms with E-state index in [4.69, 9.17) is 0 Å². The Morgan fingerprint density at radius 2 is 1.55 bits per heavy atom. The molecule has 0 fully saturated rings. The van der Waals surface area contributed by atoms with E-state index in [2.05, 4.69) is 28.7 Å². The van der Waals surface area contributed by atoms with Crippen LogP contribution in [-0.2, 0) is 9.59 Å². The minimum Gasteiger partial charge on any atom is -0.353 e. The summed E-state index contributed by atoms with van der Waals surface area (Å²) >= 11 is 0. The molecule has 0 aliphatic heterocycles. The fraction of sp³-hybridized carbons (Fsp3) is 0.625. The van der Waals surface area contributed by atoms with Crippen LogP contribution in [0.3, 0.4) is 0 Å². The second-order valence-corrected chi connectivity index (χ2v) is 5.49. The summed E-state index contributed by atoms with van der Waals surface area (Å²) in [6.07, 6.45) is 2.27. The molecule has 0 aromatic rings. The predicted molar refractivity (Wildman–Crippen MR) is 92.8 cm³/mol. The van der Waals surface area contributed by atoms with Crippen molar-refractivity contribution in [2.24, 2.45) is 0 Å². The summed E-state index contributed by atoms with van der Waals surface area (Å²) in [5.41, 5.74) is 0.559. The minimum atomic E-state index is -0.0937. The SMILES string of the molecule is C=C(C)C(=O)NCCN(C)C.C=CC(=O)NCCCN(C)C. The highest BCUT2D eigenvalue weighted by molar-refractivity contribution is 5.92. The Balaban J connectivity index is 0. The molecule has 0 saturated heterocycles. The Bertz CT molecular complexity index is 350. The van der Waals surface area contributed by atoms with Gasteiger partial charge in [-0.1, -0.05) is 13.2 Å². The van der Waals surface area contributed by atoms with Gasteiger partial charge >= 0.3 is 0 Å². The predicted octanol–water partition coefficient (Wildman–Crippen LogP) is 0.481. The lowest BCUT2D eigenvalue weighted by Crippen LogP contribution is -2.31. The zero-order chi connectivity index (χ0) is 17.5. The second-order valence-electron chi connectivity index (χ2n) is 5.49. The van der Waals surface area contributed by atoms with Gasteiger partial charge in [0.05, 0.1) is 0 Å². The van der Waals surface area contributed by atoms with E-state index in [1.807, 2.05) is 33.1 Å². The molecule has 0 aliphatic carbocycles. The molecule has 0 rings (SSSR count). The number of hydrogen-bond donors (Lipinski definition) is 2. The van der Waals surface area contributed by atoms with Crippen LogP contribution < -0.4 is 10.6 Å². The molecule has 0 spiro atoms. The fourth-order valence-corrected chi connectivity index (χ4v) is 1.22. The Hall–Kier alpha value is -1.66. The lowest BCUT2D eigenvalue weighted by Gasteiger charge is -2.09. The maximum absolute atomic E-state index is 10.9. The number of hydrogen-bond acceptors (Lipinski definition) is 4. The van der Waals surface area contributed by atoms with Crippen LogP contribution in [0, 0.1) is 0 Å². The van der Waals surface area contributed by atoms with E-state index in [0.29, 0.717) is 12.1 Å². The second kappa shape index (κ2) is 14.3. The molecule has 2 N–H and O–H groups in total. The van der Waals surface area contributed by atoms with Gasteiger partial charge in [-0.2, -0.15) is 0 Å². The molecule has 128 valence electrons. The van der Waals surface area contributed by atoms with Gasteiger partial charge < -0.3 is 20.4 Å². The van der Waals surface area contributed by atoms with Crippen molar-refractivity contribution in [3.63, 3.8) is 0 Å². The third kappa shape index (κ3) is 18.3. The molecule has 0 aliphatic rings. The topological polar surface area (TPSA) is 64.7 Å². The quantitative estimate of drug-likeness (QED) is 0.480. The van der Waals surface area contributed by atoms with Crippen LogP contribution in [0.25, 0.3) is 0 Å². The van der Waals surface area contributed by atoms with E-state index in [9.17, 15) is 9.59 Å². The normalized spacial score (nSPS) is 9.77. The molecule has 0 unspecified atom stereocenters. The highest BCUT2D eigenvalue weighted by Gasteiger charge is 1.99. The van der Waals surface area contributed by atoms with Gasteiger partial charge in [-0.05, 0) is 54.2 Å². The molecule has 22 heavy (non-hydrogen) atoms. The summed E-state index contributed by atoms with van der Waals surface area (Å²) in [6.45, 7) is 11.8. The van der Waals surface area contributed by atoms with Crippen LogP contribution >= 0.6 is 0 Å². The molecule has 0 aromatic carbocycles. The van der Waals surface area contributed by atoms with Crippen molar-refractivity contribution in [1.82, 2.24) is 20.4 Å². The molecule has 0 atom stereocenters. The highest BCUT2D eigenvalue weighted by Crippen LogP contribution is 1.84. The lowest BCUT2D eigenvalue weighted by molar-refractivity contribution is -0.117. The van der Waals surface area contributed by atoms with Crippen molar-refractivity contribution >= 4 is 11.8 Å². The van der Waals surface area contributed by atoms with Gasteiger partial charge in [0, 0.05) is 25.2 Å². The Labute approximate surface area is 135 Å². The molecule has 0 radical (unpaired) electrons. The fourth-order valence-electron chi connectivity index (χ4n) is 1.22. The van der Waals surface area contributed by atoms with Gasteiger partial charge in [0.1, 0.15) is 0 Å². The summed E-state index contributed by atoms with van der Waals surface area (Å²) in [7, 11) is 7.95. The van der Waals surface area contributed by atoms with Crippen molar-refractivity contribution in [3.05, 3.63) is 24.8 Å². The lowest BCUT2D eigenvalue weighted by atomic mass is 10.3. The Kier molecular flexibility index (Phi) is 14.7. The van der Waals surface area contributed by atoms with Crippen LogP contribution in [0.2, 0.25) is 0 Å². The zero-order valence-corrected chi connectivity index (χ0v) is 14.7. The third-order valence-corrected chi connectivity index (χ3v) is 2.50. The van der Waals surface area contributed by atoms with Crippen LogP contribution in [0.15, 0.2) is 24.8 Å². The standard InChI is InChI=1S/2C8H16N2O/c1-7(2)8(11)9-5-6-10(3)4;1-4-8(11)9-6-5-7-10(2)3/h1,5-6H2,2-4H3,(H,9,11);4H,1,5-7H2,2-3H3,(H,9,11). The first-order valence-electron chi connectivity index (χ1n) is 7.34. The van der Waals surface area contributed by atoms with Gasteiger partial charge in [0.2, 0.25) is 11.8 Å². The van der Waals surface area contributed by atoms with Crippen molar-refractivity contribution in [2.75, 3.05) is 54.4 Å². The maximum Gasteiger partial charge on any atom is 0.246 e. The smallest absolute Gasteiger partial charge is 0.246 e. The van der Waals surface area contributed by atoms with E-state index in [0.717, 1.165) is 26.1 Å². The number of carbonyl (C=O) groups is 2. The van der Waals surface area contributed by atoms with Gasteiger partial charge in [0.15, 0.2) is 0 Å². The van der Waals surface area contributed by atoms with E-state index in [1.165, 1.54) is 6.08 Å². The van der Waals surface area contributed by atoms with Crippen LogP contribution in [0.1, 0.15) is 13.3 Å². The van der Waals surface area contributed by atoms with E-state index >= 15 is 0 Å². The molecular formula is C16H32N4O2. The molecule has 6 heteroatoms. The van der Waals surface area contributed by atoms with Crippen LogP contribution in [-0.4, -0.2) is 76.0 Å². The first kappa shape index (κ1) is 22.6.